The summed E-state index contributed by atoms with van der Waals surface area (Å²) in [5.41, 5.74) is 7.31. The van der Waals surface area contributed by atoms with Crippen molar-refractivity contribution in [1.82, 2.24) is 15.0 Å². The van der Waals surface area contributed by atoms with E-state index >= 15 is 0 Å². The maximum absolute atomic E-state index is 13.2. The lowest BCUT2D eigenvalue weighted by molar-refractivity contribution is 0.102. The summed E-state index contributed by atoms with van der Waals surface area (Å²) < 4.78 is 0. The van der Waals surface area contributed by atoms with Crippen LogP contribution in [0.25, 0.3) is 10.9 Å². The van der Waals surface area contributed by atoms with Gasteiger partial charge in [0.1, 0.15) is 5.82 Å². The summed E-state index contributed by atoms with van der Waals surface area (Å²) in [7, 11) is 0. The minimum atomic E-state index is -0.211. The number of anilines is 5. The molecule has 7 nitrogen and oxygen atoms in total. The SMILES string of the molecule is O=C(Nc1nccc2c1CCc1cnccc1N2)c1cccc(Nc2ccnc3ccccc23)c1. The third kappa shape index (κ3) is 4.15. The second kappa shape index (κ2) is 8.87. The number of amides is 1. The van der Waals surface area contributed by atoms with Gasteiger partial charge in [0.2, 0.25) is 0 Å². The number of rotatable bonds is 4. The molecule has 35 heavy (non-hydrogen) atoms. The van der Waals surface area contributed by atoms with Gasteiger partial charge in [-0.25, -0.2) is 4.98 Å². The van der Waals surface area contributed by atoms with Gasteiger partial charge in [-0.2, -0.15) is 0 Å². The Kier molecular flexibility index (Phi) is 5.27. The van der Waals surface area contributed by atoms with E-state index in [9.17, 15) is 4.79 Å². The first-order valence-electron chi connectivity index (χ1n) is 11.4. The van der Waals surface area contributed by atoms with Gasteiger partial charge in [0.05, 0.1) is 5.52 Å². The van der Waals surface area contributed by atoms with Crippen LogP contribution in [-0.2, 0) is 12.8 Å². The van der Waals surface area contributed by atoms with E-state index in [1.54, 1.807) is 24.7 Å². The minimum absolute atomic E-state index is 0.211. The summed E-state index contributed by atoms with van der Waals surface area (Å²) in [6.45, 7) is 0. The van der Waals surface area contributed by atoms with Gasteiger partial charge in [0.15, 0.2) is 0 Å². The van der Waals surface area contributed by atoms with Crippen molar-refractivity contribution in [2.75, 3.05) is 16.0 Å². The molecule has 170 valence electrons. The van der Waals surface area contributed by atoms with Crippen LogP contribution < -0.4 is 16.0 Å². The average molecular weight is 459 g/mol. The van der Waals surface area contributed by atoms with Crippen LogP contribution in [0.2, 0.25) is 0 Å². The van der Waals surface area contributed by atoms with Crippen LogP contribution in [-0.4, -0.2) is 20.9 Å². The number of nitrogens with one attached hydrogen (secondary N) is 3. The predicted molar refractivity (Wildman–Crippen MR) is 139 cm³/mol. The molecule has 5 aromatic rings. The maximum Gasteiger partial charge on any atom is 0.256 e. The van der Waals surface area contributed by atoms with Gasteiger partial charge in [0.25, 0.3) is 5.91 Å². The van der Waals surface area contributed by atoms with Crippen molar-refractivity contribution in [2.45, 2.75) is 12.8 Å². The molecule has 1 aliphatic rings. The number of aryl methyl sites for hydroxylation is 1. The number of para-hydroxylation sites is 1. The van der Waals surface area contributed by atoms with Crippen LogP contribution in [0.4, 0.5) is 28.6 Å². The lowest BCUT2D eigenvalue weighted by atomic mass is 10.1. The largest absolute Gasteiger partial charge is 0.355 e. The first-order valence-corrected chi connectivity index (χ1v) is 11.4. The van der Waals surface area contributed by atoms with E-state index in [1.807, 2.05) is 66.9 Å². The number of pyridine rings is 3. The number of hydrogen-bond acceptors (Lipinski definition) is 6. The van der Waals surface area contributed by atoms with E-state index in [4.69, 9.17) is 0 Å². The Labute approximate surface area is 202 Å². The summed E-state index contributed by atoms with van der Waals surface area (Å²) in [6, 6.07) is 21.2. The molecule has 0 fully saturated rings. The lowest BCUT2D eigenvalue weighted by Gasteiger charge is -2.14. The molecule has 1 aliphatic heterocycles. The van der Waals surface area contributed by atoms with Gasteiger partial charge in [-0.15, -0.1) is 0 Å². The molecule has 0 spiro atoms. The maximum atomic E-state index is 13.2. The highest BCUT2D eigenvalue weighted by molar-refractivity contribution is 6.05. The molecular weight excluding hydrogens is 436 g/mol. The molecule has 0 bridgehead atoms. The summed E-state index contributed by atoms with van der Waals surface area (Å²) >= 11 is 0. The number of nitrogens with zero attached hydrogens (tertiary/aromatic N) is 3. The standard InChI is InChI=1S/C28H22N6O/c35-28(34-27-22-9-8-19-17-29-13-10-23(19)33-26(22)12-15-31-27)18-4-3-5-20(16-18)32-25-11-14-30-24-7-2-1-6-21(24)25/h1-7,10-17,33H,8-9H2,(H,30,32)(H,31,34,35). The second-order valence-corrected chi connectivity index (χ2v) is 8.38. The highest BCUT2D eigenvalue weighted by Gasteiger charge is 2.18. The third-order valence-corrected chi connectivity index (χ3v) is 6.16. The topological polar surface area (TPSA) is 91.8 Å². The van der Waals surface area contributed by atoms with Gasteiger partial charge in [-0.3, -0.25) is 14.8 Å². The fourth-order valence-corrected chi connectivity index (χ4v) is 4.40. The zero-order chi connectivity index (χ0) is 23.6. The molecule has 0 saturated carbocycles. The highest BCUT2D eigenvalue weighted by atomic mass is 16.1. The summed E-state index contributed by atoms with van der Waals surface area (Å²) in [4.78, 5) is 26.3. The molecule has 1 amide bonds. The van der Waals surface area contributed by atoms with E-state index < -0.39 is 0 Å². The first-order chi connectivity index (χ1) is 17.2. The van der Waals surface area contributed by atoms with E-state index in [1.165, 1.54) is 0 Å². The number of aromatic nitrogens is 3. The summed E-state index contributed by atoms with van der Waals surface area (Å²) in [5.74, 6) is 0.358. The molecule has 0 radical (unpaired) electrons. The van der Waals surface area contributed by atoms with Crippen LogP contribution in [0, 0.1) is 0 Å². The second-order valence-electron chi connectivity index (χ2n) is 8.38. The fourth-order valence-electron chi connectivity index (χ4n) is 4.40. The Morgan fingerprint density at radius 2 is 1.74 bits per heavy atom. The van der Waals surface area contributed by atoms with Crippen molar-refractivity contribution in [3.8, 4) is 0 Å². The van der Waals surface area contributed by atoms with Crippen LogP contribution in [0.1, 0.15) is 21.5 Å². The Hall–Kier alpha value is -4.78. The Morgan fingerprint density at radius 1 is 0.857 bits per heavy atom. The molecule has 3 N–H and O–H groups in total. The lowest BCUT2D eigenvalue weighted by Crippen LogP contribution is -2.15. The average Bonchev–Trinajstić information content (AvgIpc) is 3.09. The van der Waals surface area contributed by atoms with Crippen LogP contribution >= 0.6 is 0 Å². The molecule has 3 aromatic heterocycles. The molecule has 0 unspecified atom stereocenters. The molecule has 4 heterocycles. The number of fused-ring (bicyclic) bond motifs is 3. The Balaban J connectivity index is 1.25. The van der Waals surface area contributed by atoms with E-state index in [-0.39, 0.29) is 5.91 Å². The number of hydrogen-bond donors (Lipinski definition) is 3. The van der Waals surface area contributed by atoms with Crippen molar-refractivity contribution >= 4 is 45.4 Å². The first kappa shape index (κ1) is 20.8. The van der Waals surface area contributed by atoms with Crippen molar-refractivity contribution < 1.29 is 4.79 Å². The molecular formula is C28H22N6O. The van der Waals surface area contributed by atoms with Crippen LogP contribution in [0.15, 0.2) is 91.5 Å². The van der Waals surface area contributed by atoms with Gasteiger partial charge in [0, 0.05) is 64.1 Å². The van der Waals surface area contributed by atoms with Gasteiger partial charge < -0.3 is 16.0 Å². The summed E-state index contributed by atoms with van der Waals surface area (Å²) in [6.07, 6.45) is 8.70. The molecule has 2 aromatic carbocycles. The predicted octanol–water partition coefficient (Wildman–Crippen LogP) is 5.86. The molecule has 0 atom stereocenters. The van der Waals surface area contributed by atoms with Crippen molar-refractivity contribution in [1.29, 1.82) is 0 Å². The summed E-state index contributed by atoms with van der Waals surface area (Å²) in [5, 5.41) is 10.9. The number of carbonyl (C=O) groups excluding carboxylic acids is 1. The molecule has 6 rings (SSSR count). The highest BCUT2D eigenvalue weighted by Crippen LogP contribution is 2.33. The van der Waals surface area contributed by atoms with Gasteiger partial charge in [-0.1, -0.05) is 24.3 Å². The Bertz CT molecular complexity index is 1560. The number of benzene rings is 2. The number of carbonyl (C=O) groups is 1. The van der Waals surface area contributed by atoms with E-state index in [2.05, 4.69) is 30.9 Å². The van der Waals surface area contributed by atoms with Crippen LogP contribution in [0.3, 0.4) is 0 Å². The van der Waals surface area contributed by atoms with Gasteiger partial charge >= 0.3 is 0 Å². The molecule has 0 aliphatic carbocycles. The van der Waals surface area contributed by atoms with Crippen LogP contribution in [0.5, 0.6) is 0 Å². The van der Waals surface area contributed by atoms with E-state index in [0.29, 0.717) is 11.4 Å². The fraction of sp³-hybridized carbons (Fsp3) is 0.0714. The molecule has 7 heteroatoms. The third-order valence-electron chi connectivity index (χ3n) is 6.16. The molecule has 0 saturated heterocycles. The zero-order valence-corrected chi connectivity index (χ0v) is 18.8. The normalized spacial score (nSPS) is 12.1. The van der Waals surface area contributed by atoms with Gasteiger partial charge in [-0.05, 0) is 60.9 Å². The van der Waals surface area contributed by atoms with Crippen molar-refractivity contribution in [2.24, 2.45) is 0 Å². The Morgan fingerprint density at radius 3 is 2.71 bits per heavy atom. The van der Waals surface area contributed by atoms with Crippen molar-refractivity contribution in [3.05, 3.63) is 108 Å². The minimum Gasteiger partial charge on any atom is -0.355 e. The van der Waals surface area contributed by atoms with Crippen molar-refractivity contribution in [3.63, 3.8) is 0 Å². The monoisotopic (exact) mass is 458 g/mol. The smallest absolute Gasteiger partial charge is 0.256 e. The zero-order valence-electron chi connectivity index (χ0n) is 18.8. The quantitative estimate of drug-likeness (QED) is 0.312. The van der Waals surface area contributed by atoms with E-state index in [0.717, 1.165) is 57.6 Å².